The number of carbonyl (C=O) groups is 1. The molecule has 1 unspecified atom stereocenters. The second kappa shape index (κ2) is 6.83. The maximum absolute atomic E-state index is 11.9. The lowest BCUT2D eigenvalue weighted by Gasteiger charge is -2.11. The van der Waals surface area contributed by atoms with Crippen LogP contribution in [0.1, 0.15) is 12.8 Å². The van der Waals surface area contributed by atoms with Crippen LogP contribution < -0.4 is 10.6 Å². The number of nitrogens with one attached hydrogen (secondary N) is 2. The topological polar surface area (TPSA) is 54.0 Å². The van der Waals surface area contributed by atoms with Crippen LogP contribution in [0.15, 0.2) is 35.8 Å². The number of hydrogen-bond acceptors (Lipinski definition) is 4. The third-order valence-corrected chi connectivity index (χ3v) is 4.03. The van der Waals surface area contributed by atoms with Crippen LogP contribution in [0.25, 0.3) is 10.6 Å². The van der Waals surface area contributed by atoms with Crippen molar-refractivity contribution in [3.05, 3.63) is 35.8 Å². The summed E-state index contributed by atoms with van der Waals surface area (Å²) in [7, 11) is 0. The summed E-state index contributed by atoms with van der Waals surface area (Å²) in [6.45, 7) is 0.932. The van der Waals surface area contributed by atoms with Crippen molar-refractivity contribution < 1.29 is 4.79 Å². The van der Waals surface area contributed by atoms with Gasteiger partial charge in [-0.15, -0.1) is 23.7 Å². The Balaban J connectivity index is 0.00000147. The van der Waals surface area contributed by atoms with Gasteiger partial charge in [-0.1, -0.05) is 0 Å². The van der Waals surface area contributed by atoms with Gasteiger partial charge in [0.1, 0.15) is 5.01 Å². The number of carbonyl (C=O) groups excluding carboxylic acids is 1. The van der Waals surface area contributed by atoms with Gasteiger partial charge in [-0.05, 0) is 43.7 Å². The maximum Gasteiger partial charge on any atom is 0.241 e. The van der Waals surface area contributed by atoms with Crippen molar-refractivity contribution in [3.8, 4) is 10.6 Å². The fourth-order valence-electron chi connectivity index (χ4n) is 2.20. The minimum atomic E-state index is -0.0429. The van der Waals surface area contributed by atoms with Crippen LogP contribution in [0.2, 0.25) is 0 Å². The number of thiazole rings is 1. The third-order valence-electron chi connectivity index (χ3n) is 3.21. The molecule has 0 saturated carbocycles. The average molecular weight is 310 g/mol. The van der Waals surface area contributed by atoms with E-state index in [9.17, 15) is 4.79 Å². The van der Waals surface area contributed by atoms with Gasteiger partial charge in [-0.3, -0.25) is 4.79 Å². The quantitative estimate of drug-likeness (QED) is 0.916. The predicted octanol–water partition coefficient (Wildman–Crippen LogP) is 2.92. The SMILES string of the molecule is Cl.O=C(Nc1ccc(-c2nccs2)cc1)C1CCCN1. The lowest BCUT2D eigenvalue weighted by Crippen LogP contribution is -2.35. The molecule has 1 aliphatic rings. The zero-order chi connectivity index (χ0) is 13.1. The largest absolute Gasteiger partial charge is 0.325 e. The number of rotatable bonds is 3. The zero-order valence-electron chi connectivity index (χ0n) is 10.8. The van der Waals surface area contributed by atoms with Crippen molar-refractivity contribution in [2.24, 2.45) is 0 Å². The average Bonchev–Trinajstić information content (AvgIpc) is 3.13. The van der Waals surface area contributed by atoms with Gasteiger partial charge in [0.15, 0.2) is 0 Å². The molecule has 0 bridgehead atoms. The van der Waals surface area contributed by atoms with Crippen molar-refractivity contribution in [1.82, 2.24) is 10.3 Å². The van der Waals surface area contributed by atoms with Crippen LogP contribution in [0.3, 0.4) is 0 Å². The first-order valence-electron chi connectivity index (χ1n) is 6.37. The molecule has 1 aromatic carbocycles. The van der Waals surface area contributed by atoms with E-state index in [1.807, 2.05) is 29.6 Å². The number of halogens is 1. The number of aromatic nitrogens is 1. The van der Waals surface area contributed by atoms with E-state index >= 15 is 0 Å². The molecule has 2 heterocycles. The molecule has 1 aromatic heterocycles. The van der Waals surface area contributed by atoms with Gasteiger partial charge in [0.25, 0.3) is 0 Å². The van der Waals surface area contributed by atoms with Crippen molar-refractivity contribution in [3.63, 3.8) is 0 Å². The van der Waals surface area contributed by atoms with E-state index in [0.717, 1.165) is 35.6 Å². The van der Waals surface area contributed by atoms with E-state index in [1.54, 1.807) is 17.5 Å². The monoisotopic (exact) mass is 309 g/mol. The number of benzene rings is 1. The summed E-state index contributed by atoms with van der Waals surface area (Å²) in [4.78, 5) is 16.2. The van der Waals surface area contributed by atoms with Gasteiger partial charge in [0.05, 0.1) is 6.04 Å². The first-order valence-corrected chi connectivity index (χ1v) is 7.25. The highest BCUT2D eigenvalue weighted by Crippen LogP contribution is 2.23. The van der Waals surface area contributed by atoms with E-state index in [1.165, 1.54) is 0 Å². The molecule has 2 aromatic rings. The van der Waals surface area contributed by atoms with Crippen LogP contribution in [-0.4, -0.2) is 23.5 Å². The molecule has 1 fully saturated rings. The predicted molar refractivity (Wildman–Crippen MR) is 84.5 cm³/mol. The maximum atomic E-state index is 11.9. The minimum absolute atomic E-state index is 0. The Bertz CT molecular complexity index is 550. The minimum Gasteiger partial charge on any atom is -0.325 e. The second-order valence-electron chi connectivity index (χ2n) is 4.55. The van der Waals surface area contributed by atoms with E-state index in [2.05, 4.69) is 15.6 Å². The number of nitrogens with zero attached hydrogens (tertiary/aromatic N) is 1. The Hall–Kier alpha value is -1.43. The first kappa shape index (κ1) is 15.0. The van der Waals surface area contributed by atoms with Crippen LogP contribution in [0.4, 0.5) is 5.69 Å². The highest BCUT2D eigenvalue weighted by Gasteiger charge is 2.21. The fourth-order valence-corrected chi connectivity index (χ4v) is 2.84. The molecule has 1 atom stereocenters. The highest BCUT2D eigenvalue weighted by atomic mass is 35.5. The second-order valence-corrected chi connectivity index (χ2v) is 5.45. The van der Waals surface area contributed by atoms with E-state index < -0.39 is 0 Å². The van der Waals surface area contributed by atoms with Crippen LogP contribution >= 0.6 is 23.7 Å². The van der Waals surface area contributed by atoms with Gasteiger partial charge in [0.2, 0.25) is 5.91 Å². The Morgan fingerprint density at radius 1 is 1.35 bits per heavy atom. The Labute approximate surface area is 128 Å². The molecule has 20 heavy (non-hydrogen) atoms. The number of hydrogen-bond donors (Lipinski definition) is 2. The molecular formula is C14H16ClN3OS. The van der Waals surface area contributed by atoms with Crippen molar-refractivity contribution >= 4 is 35.3 Å². The van der Waals surface area contributed by atoms with E-state index in [0.29, 0.717) is 0 Å². The summed E-state index contributed by atoms with van der Waals surface area (Å²) < 4.78 is 0. The molecular weight excluding hydrogens is 294 g/mol. The lowest BCUT2D eigenvalue weighted by atomic mass is 10.2. The van der Waals surface area contributed by atoms with Crippen LogP contribution in [-0.2, 0) is 4.79 Å². The summed E-state index contributed by atoms with van der Waals surface area (Å²) in [5, 5.41) is 9.08. The molecule has 0 spiro atoms. The van der Waals surface area contributed by atoms with Crippen molar-refractivity contribution in [2.45, 2.75) is 18.9 Å². The van der Waals surface area contributed by atoms with Gasteiger partial charge >= 0.3 is 0 Å². The van der Waals surface area contributed by atoms with Gasteiger partial charge in [0, 0.05) is 22.8 Å². The van der Waals surface area contributed by atoms with Gasteiger partial charge in [-0.2, -0.15) is 0 Å². The molecule has 6 heteroatoms. The highest BCUT2D eigenvalue weighted by molar-refractivity contribution is 7.13. The summed E-state index contributed by atoms with van der Waals surface area (Å²) >= 11 is 1.61. The Morgan fingerprint density at radius 3 is 2.75 bits per heavy atom. The van der Waals surface area contributed by atoms with E-state index in [4.69, 9.17) is 0 Å². The van der Waals surface area contributed by atoms with Crippen molar-refractivity contribution in [1.29, 1.82) is 0 Å². The molecule has 0 radical (unpaired) electrons. The summed E-state index contributed by atoms with van der Waals surface area (Å²) in [5.41, 5.74) is 1.91. The molecule has 1 amide bonds. The summed E-state index contributed by atoms with van der Waals surface area (Å²) in [6.07, 6.45) is 3.78. The standard InChI is InChI=1S/C14H15N3OS.ClH/c18-13(12-2-1-7-15-12)17-11-5-3-10(4-6-11)14-16-8-9-19-14;/h3-6,8-9,12,15H,1-2,7H2,(H,17,18);1H. The van der Waals surface area contributed by atoms with E-state index in [-0.39, 0.29) is 24.4 Å². The smallest absolute Gasteiger partial charge is 0.241 e. The molecule has 4 nitrogen and oxygen atoms in total. The Morgan fingerprint density at radius 2 is 2.15 bits per heavy atom. The molecule has 106 valence electrons. The normalized spacial score (nSPS) is 17.5. The number of anilines is 1. The number of amides is 1. The van der Waals surface area contributed by atoms with Gasteiger partial charge in [-0.25, -0.2) is 4.98 Å². The fraction of sp³-hybridized carbons (Fsp3) is 0.286. The molecule has 1 saturated heterocycles. The van der Waals surface area contributed by atoms with Gasteiger partial charge < -0.3 is 10.6 Å². The van der Waals surface area contributed by atoms with Crippen molar-refractivity contribution in [2.75, 3.05) is 11.9 Å². The van der Waals surface area contributed by atoms with Crippen LogP contribution in [0, 0.1) is 0 Å². The molecule has 1 aliphatic heterocycles. The van der Waals surface area contributed by atoms with Crippen LogP contribution in [0.5, 0.6) is 0 Å². The Kier molecular flexibility index (Phi) is 5.11. The third kappa shape index (κ3) is 3.36. The summed E-state index contributed by atoms with van der Waals surface area (Å²) in [6, 6.07) is 7.76. The molecule has 3 rings (SSSR count). The molecule has 0 aliphatic carbocycles. The molecule has 2 N–H and O–H groups in total. The zero-order valence-corrected chi connectivity index (χ0v) is 12.5. The lowest BCUT2D eigenvalue weighted by molar-refractivity contribution is -0.117. The first-order chi connectivity index (χ1) is 9.33. The summed E-state index contributed by atoms with van der Waals surface area (Å²) in [5.74, 6) is 0.0551.